The van der Waals surface area contributed by atoms with Gasteiger partial charge in [0.1, 0.15) is 11.5 Å². The molecule has 2 aliphatic heterocycles. The number of ketones is 2. The molecule has 1 amide bonds. The maximum Gasteiger partial charge on any atom is 0.270 e. The minimum absolute atomic E-state index is 0.0129. The minimum Gasteiger partial charge on any atom is -0.343 e. The Labute approximate surface area is 181 Å². The highest BCUT2D eigenvalue weighted by Gasteiger charge is 2.29. The number of piperidine rings is 1. The van der Waals surface area contributed by atoms with Crippen LogP contribution in [0, 0.1) is 11.7 Å². The highest BCUT2D eigenvalue weighted by Crippen LogP contribution is 2.23. The van der Waals surface area contributed by atoms with Crippen molar-refractivity contribution in [1.82, 2.24) is 14.4 Å². The van der Waals surface area contributed by atoms with E-state index in [1.165, 1.54) is 12.1 Å². The Morgan fingerprint density at radius 3 is 2.45 bits per heavy atom. The van der Waals surface area contributed by atoms with E-state index in [0.717, 1.165) is 38.9 Å². The van der Waals surface area contributed by atoms with Crippen molar-refractivity contribution in [3.05, 3.63) is 59.2 Å². The Morgan fingerprint density at radius 1 is 1.03 bits per heavy atom. The zero-order valence-electron chi connectivity index (χ0n) is 17.8. The van der Waals surface area contributed by atoms with Gasteiger partial charge in [0.2, 0.25) is 0 Å². The van der Waals surface area contributed by atoms with E-state index in [9.17, 15) is 18.8 Å². The Balaban J connectivity index is 1.28. The molecular formula is C24H28FN3O3. The first kappa shape index (κ1) is 21.4. The molecule has 1 fully saturated rings. The summed E-state index contributed by atoms with van der Waals surface area (Å²) < 4.78 is 15.0. The lowest BCUT2D eigenvalue weighted by molar-refractivity contribution is 0.0787. The molecule has 1 saturated heterocycles. The van der Waals surface area contributed by atoms with Gasteiger partial charge in [-0.3, -0.25) is 14.4 Å². The monoisotopic (exact) mass is 425 g/mol. The highest BCUT2D eigenvalue weighted by atomic mass is 19.1. The summed E-state index contributed by atoms with van der Waals surface area (Å²) in [5.41, 5.74) is 1.63. The first-order valence-electron chi connectivity index (χ1n) is 10.9. The first-order chi connectivity index (χ1) is 14.9. The lowest BCUT2D eigenvalue weighted by Crippen LogP contribution is -2.37. The molecule has 31 heavy (non-hydrogen) atoms. The summed E-state index contributed by atoms with van der Waals surface area (Å²) >= 11 is 0. The van der Waals surface area contributed by atoms with Crippen LogP contribution in [0.3, 0.4) is 0 Å². The number of aryl methyl sites for hydroxylation is 1. The fourth-order valence-corrected chi connectivity index (χ4v) is 4.54. The van der Waals surface area contributed by atoms with E-state index in [1.54, 1.807) is 30.1 Å². The van der Waals surface area contributed by atoms with Crippen LogP contribution < -0.4 is 0 Å². The van der Waals surface area contributed by atoms with Crippen molar-refractivity contribution >= 4 is 17.5 Å². The second-order valence-electron chi connectivity index (χ2n) is 8.51. The molecule has 0 aliphatic carbocycles. The first-order valence-corrected chi connectivity index (χ1v) is 10.9. The molecule has 0 N–H and O–H groups in total. The molecule has 0 unspecified atom stereocenters. The number of rotatable bonds is 6. The standard InChI is InChI=1S/C24H28FN3O3/c1-26-13-10-21(29)20-9-16-28(22(20)24(26)31)12-2-11-27-14-7-18(8-15-27)23(30)17-3-5-19(25)6-4-17/h3-6,9,16,18H,2,7-8,10-15H2,1H3. The predicted molar refractivity (Wildman–Crippen MR) is 115 cm³/mol. The van der Waals surface area contributed by atoms with Gasteiger partial charge in [0, 0.05) is 49.8 Å². The largest absolute Gasteiger partial charge is 0.343 e. The number of fused-ring (bicyclic) bond motifs is 1. The number of hydrogen-bond acceptors (Lipinski definition) is 4. The lowest BCUT2D eigenvalue weighted by atomic mass is 9.89. The van der Waals surface area contributed by atoms with Crippen LogP contribution in [0.4, 0.5) is 4.39 Å². The number of aromatic nitrogens is 1. The molecule has 0 saturated carbocycles. The molecule has 3 heterocycles. The second-order valence-corrected chi connectivity index (χ2v) is 8.51. The molecule has 1 aromatic heterocycles. The third-order valence-corrected chi connectivity index (χ3v) is 6.45. The molecule has 0 radical (unpaired) electrons. The van der Waals surface area contributed by atoms with E-state index in [-0.39, 0.29) is 29.2 Å². The summed E-state index contributed by atoms with van der Waals surface area (Å²) in [6.07, 6.45) is 4.67. The average Bonchev–Trinajstić information content (AvgIpc) is 3.17. The second kappa shape index (κ2) is 9.14. The van der Waals surface area contributed by atoms with Crippen LogP contribution >= 0.6 is 0 Å². The number of nitrogens with zero attached hydrogens (tertiary/aromatic N) is 3. The zero-order chi connectivity index (χ0) is 22.0. The van der Waals surface area contributed by atoms with Crippen LogP contribution in [0.15, 0.2) is 36.5 Å². The molecule has 164 valence electrons. The molecule has 0 atom stereocenters. The third-order valence-electron chi connectivity index (χ3n) is 6.45. The topological polar surface area (TPSA) is 62.6 Å². The van der Waals surface area contributed by atoms with Gasteiger partial charge in [-0.05, 0) is 69.2 Å². The summed E-state index contributed by atoms with van der Waals surface area (Å²) in [5, 5.41) is 0. The van der Waals surface area contributed by atoms with Crippen LogP contribution in [0.2, 0.25) is 0 Å². The van der Waals surface area contributed by atoms with Crippen LogP contribution in [-0.4, -0.2) is 65.1 Å². The van der Waals surface area contributed by atoms with Crippen LogP contribution in [0.1, 0.15) is 56.9 Å². The van der Waals surface area contributed by atoms with Crippen molar-refractivity contribution in [2.24, 2.45) is 5.92 Å². The number of halogens is 1. The van der Waals surface area contributed by atoms with Crippen molar-refractivity contribution in [2.75, 3.05) is 33.2 Å². The normalized spacial score (nSPS) is 18.2. The number of carbonyl (C=O) groups is 3. The molecule has 6 nitrogen and oxygen atoms in total. The molecule has 2 aromatic rings. The molecule has 2 aliphatic rings. The molecule has 7 heteroatoms. The van der Waals surface area contributed by atoms with Gasteiger partial charge in [-0.15, -0.1) is 0 Å². The van der Waals surface area contributed by atoms with Crippen molar-refractivity contribution in [3.8, 4) is 0 Å². The number of amides is 1. The summed E-state index contributed by atoms with van der Waals surface area (Å²) in [4.78, 5) is 41.5. The maximum atomic E-state index is 13.1. The number of Topliss-reactive ketones (excluding diaryl/α,β-unsaturated/α-hetero) is 2. The van der Waals surface area contributed by atoms with Gasteiger partial charge < -0.3 is 14.4 Å². The van der Waals surface area contributed by atoms with Gasteiger partial charge in [0.05, 0.1) is 0 Å². The predicted octanol–water partition coefficient (Wildman–Crippen LogP) is 3.27. The Bertz CT molecular complexity index is 974. The Kier molecular flexibility index (Phi) is 6.32. The summed E-state index contributed by atoms with van der Waals surface area (Å²) in [6.45, 7) is 3.71. The lowest BCUT2D eigenvalue weighted by Gasteiger charge is -2.31. The molecule has 1 aromatic carbocycles. The minimum atomic E-state index is -0.330. The van der Waals surface area contributed by atoms with E-state index in [1.807, 2.05) is 10.8 Å². The van der Waals surface area contributed by atoms with Crippen molar-refractivity contribution in [1.29, 1.82) is 0 Å². The van der Waals surface area contributed by atoms with E-state index >= 15 is 0 Å². The van der Waals surface area contributed by atoms with Gasteiger partial charge in [0.25, 0.3) is 5.91 Å². The highest BCUT2D eigenvalue weighted by molar-refractivity contribution is 6.08. The van der Waals surface area contributed by atoms with Crippen molar-refractivity contribution in [3.63, 3.8) is 0 Å². The van der Waals surface area contributed by atoms with Crippen molar-refractivity contribution in [2.45, 2.75) is 32.2 Å². The maximum absolute atomic E-state index is 13.1. The van der Waals surface area contributed by atoms with Crippen molar-refractivity contribution < 1.29 is 18.8 Å². The van der Waals surface area contributed by atoms with E-state index in [4.69, 9.17) is 0 Å². The van der Waals surface area contributed by atoms with E-state index < -0.39 is 0 Å². The van der Waals surface area contributed by atoms with Gasteiger partial charge in [-0.25, -0.2) is 4.39 Å². The summed E-state index contributed by atoms with van der Waals surface area (Å²) in [7, 11) is 1.74. The molecule has 4 rings (SSSR count). The fraction of sp³-hybridized carbons (Fsp3) is 0.458. The van der Waals surface area contributed by atoms with Crippen LogP contribution in [0.25, 0.3) is 0 Å². The molecule has 0 bridgehead atoms. The third kappa shape index (κ3) is 4.61. The number of benzene rings is 1. The molecular weight excluding hydrogens is 397 g/mol. The SMILES string of the molecule is CN1CCC(=O)c2ccn(CCCN3CCC(C(=O)c4ccc(F)cc4)CC3)c2C1=O. The average molecular weight is 426 g/mol. The smallest absolute Gasteiger partial charge is 0.270 e. The van der Waals surface area contributed by atoms with E-state index in [0.29, 0.717) is 36.3 Å². The Hall–Kier alpha value is -2.80. The number of hydrogen-bond donors (Lipinski definition) is 0. The van der Waals surface area contributed by atoms with Gasteiger partial charge in [0.15, 0.2) is 11.6 Å². The fourth-order valence-electron chi connectivity index (χ4n) is 4.54. The summed E-state index contributed by atoms with van der Waals surface area (Å²) in [6, 6.07) is 7.56. The van der Waals surface area contributed by atoms with Crippen LogP contribution in [-0.2, 0) is 6.54 Å². The van der Waals surface area contributed by atoms with Crippen LogP contribution in [0.5, 0.6) is 0 Å². The van der Waals surface area contributed by atoms with Gasteiger partial charge in [-0.2, -0.15) is 0 Å². The number of likely N-dealkylation sites (tertiary alicyclic amines) is 1. The quantitative estimate of drug-likeness (QED) is 0.667. The summed E-state index contributed by atoms with van der Waals surface area (Å²) in [5.74, 6) is -0.308. The number of carbonyl (C=O) groups excluding carboxylic acids is 3. The Morgan fingerprint density at radius 2 is 1.74 bits per heavy atom. The van der Waals surface area contributed by atoms with E-state index in [2.05, 4.69) is 4.90 Å². The molecule has 0 spiro atoms. The van der Waals surface area contributed by atoms with Gasteiger partial charge >= 0.3 is 0 Å². The zero-order valence-corrected chi connectivity index (χ0v) is 17.8. The van der Waals surface area contributed by atoms with Gasteiger partial charge in [-0.1, -0.05) is 0 Å².